The van der Waals surface area contributed by atoms with Gasteiger partial charge in [-0.2, -0.15) is 0 Å². The minimum atomic E-state index is -0.198. The van der Waals surface area contributed by atoms with E-state index in [-0.39, 0.29) is 17.3 Å². The van der Waals surface area contributed by atoms with Gasteiger partial charge in [0, 0.05) is 13.1 Å². The summed E-state index contributed by atoms with van der Waals surface area (Å²) in [6.45, 7) is 6.45. The molecule has 0 bridgehead atoms. The van der Waals surface area contributed by atoms with Crippen molar-refractivity contribution in [3.63, 3.8) is 0 Å². The first-order valence-corrected chi connectivity index (χ1v) is 6.17. The highest BCUT2D eigenvalue weighted by Crippen LogP contribution is 2.10. The summed E-state index contributed by atoms with van der Waals surface area (Å²) in [6.07, 6.45) is 1.66. The Labute approximate surface area is 108 Å². The van der Waals surface area contributed by atoms with Gasteiger partial charge in [0.25, 0.3) is 5.91 Å². The number of likely N-dealkylation sites (N-methyl/N-ethyl adjacent to an activating group) is 1. The topological polar surface area (TPSA) is 37.4 Å². The highest BCUT2D eigenvalue weighted by atomic mass is 16.2. The van der Waals surface area contributed by atoms with Crippen molar-refractivity contribution in [1.29, 1.82) is 0 Å². The first-order valence-electron chi connectivity index (χ1n) is 6.17. The van der Waals surface area contributed by atoms with Crippen LogP contribution in [-0.4, -0.2) is 29.7 Å². The van der Waals surface area contributed by atoms with Crippen LogP contribution in [-0.2, 0) is 9.59 Å². The SMILES string of the molecule is CCN(CC)C(=O)/C(=C/c1ccccc1)C(C)=O. The van der Waals surface area contributed by atoms with E-state index in [1.165, 1.54) is 6.92 Å². The molecule has 0 unspecified atom stereocenters. The van der Waals surface area contributed by atoms with Crippen LogP contribution in [0.2, 0.25) is 0 Å². The molecule has 1 rings (SSSR count). The Bertz CT molecular complexity index is 445. The van der Waals surface area contributed by atoms with Crippen molar-refractivity contribution in [3.05, 3.63) is 41.5 Å². The smallest absolute Gasteiger partial charge is 0.257 e. The van der Waals surface area contributed by atoms with E-state index in [1.807, 2.05) is 44.2 Å². The largest absolute Gasteiger partial charge is 0.339 e. The average Bonchev–Trinajstić information content (AvgIpc) is 2.38. The number of benzene rings is 1. The number of nitrogens with zero attached hydrogens (tertiary/aromatic N) is 1. The van der Waals surface area contributed by atoms with Crippen LogP contribution in [0.4, 0.5) is 0 Å². The van der Waals surface area contributed by atoms with Gasteiger partial charge in [0.1, 0.15) is 0 Å². The molecular weight excluding hydrogens is 226 g/mol. The van der Waals surface area contributed by atoms with Gasteiger partial charge < -0.3 is 4.90 Å². The van der Waals surface area contributed by atoms with Gasteiger partial charge >= 0.3 is 0 Å². The van der Waals surface area contributed by atoms with Crippen LogP contribution in [0.1, 0.15) is 26.3 Å². The second-order valence-corrected chi connectivity index (χ2v) is 4.00. The quantitative estimate of drug-likeness (QED) is 0.454. The van der Waals surface area contributed by atoms with Crippen LogP contribution >= 0.6 is 0 Å². The third kappa shape index (κ3) is 3.55. The van der Waals surface area contributed by atoms with Crippen molar-refractivity contribution in [2.45, 2.75) is 20.8 Å². The molecule has 3 heteroatoms. The summed E-state index contributed by atoms with van der Waals surface area (Å²) < 4.78 is 0. The molecule has 0 heterocycles. The van der Waals surface area contributed by atoms with Gasteiger partial charge in [-0.1, -0.05) is 30.3 Å². The maximum Gasteiger partial charge on any atom is 0.257 e. The van der Waals surface area contributed by atoms with Crippen molar-refractivity contribution in [2.24, 2.45) is 0 Å². The second kappa shape index (κ2) is 6.74. The third-order valence-corrected chi connectivity index (χ3v) is 2.77. The molecule has 1 aromatic rings. The zero-order chi connectivity index (χ0) is 13.5. The van der Waals surface area contributed by atoms with Gasteiger partial charge in [-0.15, -0.1) is 0 Å². The predicted octanol–water partition coefficient (Wildman–Crippen LogP) is 2.53. The maximum absolute atomic E-state index is 12.2. The van der Waals surface area contributed by atoms with Gasteiger partial charge in [-0.3, -0.25) is 9.59 Å². The van der Waals surface area contributed by atoms with E-state index >= 15 is 0 Å². The van der Waals surface area contributed by atoms with Crippen LogP contribution in [0.25, 0.3) is 6.08 Å². The summed E-state index contributed by atoms with van der Waals surface area (Å²) >= 11 is 0. The normalized spacial score (nSPS) is 11.2. The lowest BCUT2D eigenvalue weighted by Crippen LogP contribution is -2.33. The fourth-order valence-corrected chi connectivity index (χ4v) is 1.71. The van der Waals surface area contributed by atoms with E-state index in [0.717, 1.165) is 5.56 Å². The Hall–Kier alpha value is -1.90. The lowest BCUT2D eigenvalue weighted by molar-refractivity contribution is -0.128. The third-order valence-electron chi connectivity index (χ3n) is 2.77. The molecule has 96 valence electrons. The zero-order valence-corrected chi connectivity index (χ0v) is 11.1. The van der Waals surface area contributed by atoms with E-state index in [4.69, 9.17) is 0 Å². The Morgan fingerprint density at radius 2 is 1.67 bits per heavy atom. The Balaban J connectivity index is 3.07. The molecule has 0 radical (unpaired) electrons. The van der Waals surface area contributed by atoms with Crippen molar-refractivity contribution in [2.75, 3.05) is 13.1 Å². The van der Waals surface area contributed by atoms with Crippen LogP contribution in [0.3, 0.4) is 0 Å². The molecule has 18 heavy (non-hydrogen) atoms. The fourth-order valence-electron chi connectivity index (χ4n) is 1.71. The van der Waals surface area contributed by atoms with Gasteiger partial charge in [-0.05, 0) is 32.4 Å². The minimum Gasteiger partial charge on any atom is -0.339 e. The fraction of sp³-hybridized carbons (Fsp3) is 0.333. The summed E-state index contributed by atoms with van der Waals surface area (Å²) in [5, 5.41) is 0. The predicted molar refractivity (Wildman–Crippen MR) is 73.0 cm³/mol. The van der Waals surface area contributed by atoms with E-state index in [2.05, 4.69) is 0 Å². The first-order chi connectivity index (χ1) is 8.60. The summed E-state index contributed by atoms with van der Waals surface area (Å²) in [6, 6.07) is 9.41. The Morgan fingerprint density at radius 1 is 1.11 bits per heavy atom. The van der Waals surface area contributed by atoms with E-state index in [0.29, 0.717) is 13.1 Å². The molecular formula is C15H19NO2. The standard InChI is InChI=1S/C15H19NO2/c1-4-16(5-2)15(18)14(12(3)17)11-13-9-7-6-8-10-13/h6-11H,4-5H2,1-3H3/b14-11+. The molecule has 0 fully saturated rings. The lowest BCUT2D eigenvalue weighted by atomic mass is 10.1. The molecule has 0 saturated heterocycles. The van der Waals surface area contributed by atoms with E-state index < -0.39 is 0 Å². The number of rotatable bonds is 5. The minimum absolute atomic E-state index is 0.198. The molecule has 0 saturated carbocycles. The average molecular weight is 245 g/mol. The number of hydrogen-bond acceptors (Lipinski definition) is 2. The Morgan fingerprint density at radius 3 is 2.11 bits per heavy atom. The second-order valence-electron chi connectivity index (χ2n) is 4.00. The Kier molecular flexibility index (Phi) is 5.31. The number of ketones is 1. The maximum atomic E-state index is 12.2. The van der Waals surface area contributed by atoms with Crippen molar-refractivity contribution >= 4 is 17.8 Å². The van der Waals surface area contributed by atoms with Crippen molar-refractivity contribution < 1.29 is 9.59 Å². The molecule has 0 aliphatic rings. The highest BCUT2D eigenvalue weighted by molar-refractivity contribution is 6.21. The zero-order valence-electron chi connectivity index (χ0n) is 11.1. The molecule has 1 amide bonds. The lowest BCUT2D eigenvalue weighted by Gasteiger charge is -2.19. The van der Waals surface area contributed by atoms with Crippen LogP contribution < -0.4 is 0 Å². The first kappa shape index (κ1) is 14.2. The van der Waals surface area contributed by atoms with Crippen LogP contribution in [0, 0.1) is 0 Å². The summed E-state index contributed by atoms with van der Waals surface area (Å²) in [5.41, 5.74) is 1.10. The molecule has 0 N–H and O–H groups in total. The van der Waals surface area contributed by atoms with Gasteiger partial charge in [0.05, 0.1) is 5.57 Å². The van der Waals surface area contributed by atoms with Gasteiger partial charge in [0.15, 0.2) is 5.78 Å². The molecule has 0 aliphatic heterocycles. The number of Topliss-reactive ketones (excluding diaryl/α,β-unsaturated/α-hetero) is 1. The molecule has 1 aromatic carbocycles. The molecule has 0 aliphatic carbocycles. The molecule has 0 atom stereocenters. The van der Waals surface area contributed by atoms with Gasteiger partial charge in [0.2, 0.25) is 0 Å². The number of hydrogen-bond donors (Lipinski definition) is 0. The summed E-state index contributed by atoms with van der Waals surface area (Å²) in [4.78, 5) is 25.4. The van der Waals surface area contributed by atoms with E-state index in [9.17, 15) is 9.59 Å². The monoisotopic (exact) mass is 245 g/mol. The molecule has 3 nitrogen and oxygen atoms in total. The highest BCUT2D eigenvalue weighted by Gasteiger charge is 2.18. The molecule has 0 aromatic heterocycles. The van der Waals surface area contributed by atoms with Gasteiger partial charge in [-0.25, -0.2) is 0 Å². The summed E-state index contributed by atoms with van der Waals surface area (Å²) in [7, 11) is 0. The van der Waals surface area contributed by atoms with Crippen LogP contribution in [0.5, 0.6) is 0 Å². The van der Waals surface area contributed by atoms with Crippen molar-refractivity contribution in [1.82, 2.24) is 4.90 Å². The van der Waals surface area contributed by atoms with Crippen LogP contribution in [0.15, 0.2) is 35.9 Å². The number of carbonyl (C=O) groups excluding carboxylic acids is 2. The number of carbonyl (C=O) groups is 2. The van der Waals surface area contributed by atoms with E-state index in [1.54, 1.807) is 11.0 Å². The summed E-state index contributed by atoms with van der Waals surface area (Å²) in [5.74, 6) is -0.396. The van der Waals surface area contributed by atoms with Crippen molar-refractivity contribution in [3.8, 4) is 0 Å². The molecule has 0 spiro atoms. The number of amides is 1.